The zero-order valence-corrected chi connectivity index (χ0v) is 10.3. The minimum atomic E-state index is -0.410. The topological polar surface area (TPSA) is 58.9 Å². The molecule has 17 heavy (non-hydrogen) atoms. The summed E-state index contributed by atoms with van der Waals surface area (Å²) in [5.74, 6) is -0.409. The second-order valence-corrected chi connectivity index (χ2v) is 2.77. The fraction of sp³-hybridized carbons (Fsp3) is 0.231. The van der Waals surface area contributed by atoms with E-state index < -0.39 is 5.97 Å². The molecule has 0 aliphatic carbocycles. The lowest BCUT2D eigenvalue weighted by molar-refractivity contribution is 0.0600. The SMILES string of the molecule is C=N/C=C(\O)c1ccc(C(=O)OC)cc1.CC. The molecule has 1 rings (SSSR count). The predicted octanol–water partition coefficient (Wildman–Crippen LogP) is 3.06. The van der Waals surface area contributed by atoms with Crippen LogP contribution in [-0.2, 0) is 4.74 Å². The number of hydrogen-bond donors (Lipinski definition) is 1. The molecule has 0 atom stereocenters. The number of rotatable bonds is 3. The van der Waals surface area contributed by atoms with Gasteiger partial charge in [0.25, 0.3) is 0 Å². The third-order valence-electron chi connectivity index (χ3n) is 1.82. The highest BCUT2D eigenvalue weighted by Crippen LogP contribution is 2.12. The van der Waals surface area contributed by atoms with Crippen LogP contribution in [0.1, 0.15) is 29.8 Å². The number of aliphatic imine (C=N–C) groups is 1. The number of benzene rings is 1. The lowest BCUT2D eigenvalue weighted by atomic mass is 10.1. The molecule has 92 valence electrons. The van der Waals surface area contributed by atoms with Gasteiger partial charge in [-0.2, -0.15) is 0 Å². The Morgan fingerprint density at radius 2 is 1.76 bits per heavy atom. The number of nitrogens with zero attached hydrogens (tertiary/aromatic N) is 1. The van der Waals surface area contributed by atoms with Crippen LogP contribution in [0.2, 0.25) is 0 Å². The Labute approximate surface area is 101 Å². The van der Waals surface area contributed by atoms with Gasteiger partial charge in [-0.1, -0.05) is 26.0 Å². The summed E-state index contributed by atoms with van der Waals surface area (Å²) in [4.78, 5) is 14.5. The Kier molecular flexibility index (Phi) is 7.10. The molecule has 0 saturated carbocycles. The molecule has 0 saturated heterocycles. The van der Waals surface area contributed by atoms with Crippen LogP contribution in [0.15, 0.2) is 35.5 Å². The van der Waals surface area contributed by atoms with Gasteiger partial charge in [0.2, 0.25) is 0 Å². The van der Waals surface area contributed by atoms with Gasteiger partial charge in [0, 0.05) is 5.56 Å². The Bertz CT molecular complexity index is 394. The first-order chi connectivity index (χ1) is 8.19. The fourth-order valence-electron chi connectivity index (χ4n) is 1.06. The highest BCUT2D eigenvalue weighted by atomic mass is 16.5. The third-order valence-corrected chi connectivity index (χ3v) is 1.82. The average molecular weight is 235 g/mol. The number of carbonyl (C=O) groups excluding carboxylic acids is 1. The highest BCUT2D eigenvalue weighted by molar-refractivity contribution is 5.89. The summed E-state index contributed by atoms with van der Waals surface area (Å²) in [6.45, 7) is 7.22. The van der Waals surface area contributed by atoms with Crippen molar-refractivity contribution in [3.63, 3.8) is 0 Å². The maximum Gasteiger partial charge on any atom is 0.337 e. The van der Waals surface area contributed by atoms with Gasteiger partial charge in [-0.3, -0.25) is 4.99 Å². The smallest absolute Gasteiger partial charge is 0.337 e. The van der Waals surface area contributed by atoms with E-state index in [-0.39, 0.29) is 5.76 Å². The average Bonchev–Trinajstić information content (AvgIpc) is 2.40. The molecule has 0 aliphatic heterocycles. The fourth-order valence-corrected chi connectivity index (χ4v) is 1.06. The second kappa shape index (κ2) is 8.10. The number of hydrogen-bond acceptors (Lipinski definition) is 4. The van der Waals surface area contributed by atoms with Crippen LogP contribution in [0.3, 0.4) is 0 Å². The number of aliphatic hydroxyl groups is 1. The minimum Gasteiger partial charge on any atom is -0.506 e. The molecule has 0 fully saturated rings. The zero-order valence-electron chi connectivity index (χ0n) is 10.3. The Morgan fingerprint density at radius 3 is 2.18 bits per heavy atom. The number of ether oxygens (including phenoxy) is 1. The molecule has 0 spiro atoms. The lowest BCUT2D eigenvalue weighted by Gasteiger charge is -2.01. The van der Waals surface area contributed by atoms with Crippen molar-refractivity contribution in [1.82, 2.24) is 0 Å². The van der Waals surface area contributed by atoms with Crippen molar-refractivity contribution in [2.45, 2.75) is 13.8 Å². The molecular weight excluding hydrogens is 218 g/mol. The minimum absolute atomic E-state index is 0.00131. The summed E-state index contributed by atoms with van der Waals surface area (Å²) in [6.07, 6.45) is 1.23. The molecule has 1 aromatic rings. The van der Waals surface area contributed by atoms with E-state index in [2.05, 4.69) is 16.4 Å². The Balaban J connectivity index is 0.00000121. The summed E-state index contributed by atoms with van der Waals surface area (Å²) in [7, 11) is 1.31. The highest BCUT2D eigenvalue weighted by Gasteiger charge is 2.05. The summed E-state index contributed by atoms with van der Waals surface area (Å²) in [6, 6.07) is 6.33. The van der Waals surface area contributed by atoms with E-state index in [0.717, 1.165) is 0 Å². The van der Waals surface area contributed by atoms with E-state index >= 15 is 0 Å². The van der Waals surface area contributed by atoms with Gasteiger partial charge >= 0.3 is 5.97 Å². The van der Waals surface area contributed by atoms with Gasteiger partial charge in [-0.15, -0.1) is 0 Å². The van der Waals surface area contributed by atoms with Gasteiger partial charge in [0.05, 0.1) is 18.9 Å². The molecule has 0 unspecified atom stereocenters. The number of methoxy groups -OCH3 is 1. The Hall–Kier alpha value is -2.10. The monoisotopic (exact) mass is 235 g/mol. The van der Waals surface area contributed by atoms with Crippen molar-refractivity contribution in [3.8, 4) is 0 Å². The van der Waals surface area contributed by atoms with Crippen LogP contribution in [0, 0.1) is 0 Å². The van der Waals surface area contributed by atoms with Crippen molar-refractivity contribution in [2.75, 3.05) is 7.11 Å². The predicted molar refractivity (Wildman–Crippen MR) is 69.3 cm³/mol. The first-order valence-corrected chi connectivity index (χ1v) is 5.22. The molecule has 0 aromatic heterocycles. The van der Waals surface area contributed by atoms with Crippen LogP contribution < -0.4 is 0 Å². The molecule has 4 nitrogen and oxygen atoms in total. The van der Waals surface area contributed by atoms with Gasteiger partial charge in [0.1, 0.15) is 5.76 Å². The lowest BCUT2D eigenvalue weighted by Crippen LogP contribution is -2.00. The van der Waals surface area contributed by atoms with Gasteiger partial charge in [-0.25, -0.2) is 4.79 Å². The largest absolute Gasteiger partial charge is 0.506 e. The van der Waals surface area contributed by atoms with Crippen LogP contribution in [0.5, 0.6) is 0 Å². The number of carbonyl (C=O) groups is 1. The van der Waals surface area contributed by atoms with Crippen LogP contribution in [0.4, 0.5) is 0 Å². The van der Waals surface area contributed by atoms with Crippen molar-refractivity contribution in [2.24, 2.45) is 4.99 Å². The van der Waals surface area contributed by atoms with Crippen LogP contribution >= 0.6 is 0 Å². The first kappa shape index (κ1) is 14.9. The molecule has 0 amide bonds. The summed E-state index contributed by atoms with van der Waals surface area (Å²) in [5.41, 5.74) is 0.996. The van der Waals surface area contributed by atoms with Crippen molar-refractivity contribution in [1.29, 1.82) is 0 Å². The van der Waals surface area contributed by atoms with E-state index in [1.807, 2.05) is 13.8 Å². The van der Waals surface area contributed by atoms with Crippen molar-refractivity contribution in [3.05, 3.63) is 41.6 Å². The molecule has 0 radical (unpaired) electrons. The summed E-state index contributed by atoms with van der Waals surface area (Å²) in [5, 5.41) is 9.42. The number of aliphatic hydroxyl groups excluding tert-OH is 1. The third kappa shape index (κ3) is 4.51. The van der Waals surface area contributed by atoms with E-state index in [0.29, 0.717) is 11.1 Å². The van der Waals surface area contributed by atoms with E-state index in [1.54, 1.807) is 24.3 Å². The summed E-state index contributed by atoms with van der Waals surface area (Å²) < 4.78 is 4.54. The molecule has 1 N–H and O–H groups in total. The molecule has 0 bridgehead atoms. The zero-order chi connectivity index (χ0) is 13.3. The molecule has 1 aromatic carbocycles. The van der Waals surface area contributed by atoms with E-state index in [4.69, 9.17) is 0 Å². The van der Waals surface area contributed by atoms with Crippen LogP contribution in [-0.4, -0.2) is 24.9 Å². The van der Waals surface area contributed by atoms with Crippen LogP contribution in [0.25, 0.3) is 5.76 Å². The van der Waals surface area contributed by atoms with Crippen molar-refractivity contribution < 1.29 is 14.6 Å². The normalized spacial score (nSPS) is 9.94. The quantitative estimate of drug-likeness (QED) is 0.497. The summed E-state index contributed by atoms with van der Waals surface area (Å²) >= 11 is 0. The number of esters is 1. The molecular formula is C13H17NO3. The van der Waals surface area contributed by atoms with E-state index in [1.165, 1.54) is 13.3 Å². The van der Waals surface area contributed by atoms with Gasteiger partial charge in [-0.05, 0) is 18.9 Å². The van der Waals surface area contributed by atoms with Gasteiger partial charge in [0.15, 0.2) is 0 Å². The van der Waals surface area contributed by atoms with Crippen molar-refractivity contribution >= 4 is 18.4 Å². The second-order valence-electron chi connectivity index (χ2n) is 2.77. The molecule has 4 heteroatoms. The molecule has 0 heterocycles. The first-order valence-electron chi connectivity index (χ1n) is 5.22. The maximum absolute atomic E-state index is 11.1. The molecule has 0 aliphatic rings. The maximum atomic E-state index is 11.1. The Morgan fingerprint density at radius 1 is 1.29 bits per heavy atom. The van der Waals surface area contributed by atoms with Gasteiger partial charge < -0.3 is 9.84 Å². The van der Waals surface area contributed by atoms with E-state index in [9.17, 15) is 9.90 Å². The standard InChI is InChI=1S/C11H11NO3.C2H6/c1-12-7-10(13)8-3-5-9(6-4-8)11(14)15-2;1-2/h3-7,13H,1H2,2H3;1-2H3/b10-7-;.